The number of nitrogens with one attached hydrogen (secondary N) is 1. The maximum atomic E-state index is 11.0. The molecule has 0 saturated carbocycles. The number of carbonyl (C=O) groups is 1. The largest absolute Gasteiger partial charge is 0.496 e. The lowest BCUT2D eigenvalue weighted by Gasteiger charge is -2.15. The molecule has 1 aromatic heterocycles. The summed E-state index contributed by atoms with van der Waals surface area (Å²) in [6.07, 6.45) is 3.69. The highest BCUT2D eigenvalue weighted by atomic mass is 16.5. The summed E-state index contributed by atoms with van der Waals surface area (Å²) in [4.78, 5) is 15.1. The summed E-state index contributed by atoms with van der Waals surface area (Å²) in [5, 5.41) is 12.3. The third kappa shape index (κ3) is 5.00. The van der Waals surface area contributed by atoms with Gasteiger partial charge in [-0.15, -0.1) is 0 Å². The van der Waals surface area contributed by atoms with Crippen LogP contribution in [0.3, 0.4) is 0 Å². The first kappa shape index (κ1) is 18.4. The Balaban J connectivity index is 2.14. The minimum absolute atomic E-state index is 0.164. The van der Waals surface area contributed by atoms with Gasteiger partial charge in [-0.3, -0.25) is 0 Å². The Kier molecular flexibility index (Phi) is 6.45. The zero-order valence-electron chi connectivity index (χ0n) is 14.4. The second-order valence-corrected chi connectivity index (χ2v) is 5.51. The fourth-order valence-electron chi connectivity index (χ4n) is 2.26. The van der Waals surface area contributed by atoms with E-state index in [4.69, 9.17) is 20.3 Å². The average molecular weight is 345 g/mol. The molecule has 0 aliphatic heterocycles. The lowest BCUT2D eigenvalue weighted by atomic mass is 10.1. The Morgan fingerprint density at radius 2 is 2.12 bits per heavy atom. The number of nitrogens with two attached hydrogens (primary N) is 1. The van der Waals surface area contributed by atoms with Gasteiger partial charge in [-0.1, -0.05) is 19.4 Å². The number of carboxylic acids is 1. The molecule has 0 atom stereocenters. The molecular weight excluding hydrogens is 322 g/mol. The highest BCUT2D eigenvalue weighted by molar-refractivity contribution is 5.88. The fraction of sp³-hybridized carbons (Fsp3) is 0.333. The van der Waals surface area contributed by atoms with Gasteiger partial charge in [0.2, 0.25) is 0 Å². The summed E-state index contributed by atoms with van der Waals surface area (Å²) in [6.45, 7) is 3.15. The molecule has 1 heterocycles. The molecule has 0 aliphatic rings. The van der Waals surface area contributed by atoms with Crippen molar-refractivity contribution in [2.75, 3.05) is 24.7 Å². The van der Waals surface area contributed by atoms with Crippen molar-refractivity contribution in [3.8, 4) is 11.5 Å². The zero-order valence-corrected chi connectivity index (χ0v) is 14.4. The maximum absolute atomic E-state index is 11.0. The molecule has 2 aromatic rings. The summed E-state index contributed by atoms with van der Waals surface area (Å²) >= 11 is 0. The number of aromatic nitrogens is 1. The molecule has 7 heteroatoms. The van der Waals surface area contributed by atoms with Crippen LogP contribution in [-0.4, -0.2) is 29.7 Å². The monoisotopic (exact) mass is 345 g/mol. The van der Waals surface area contributed by atoms with Crippen LogP contribution >= 0.6 is 0 Å². The summed E-state index contributed by atoms with van der Waals surface area (Å²) < 4.78 is 11.1. The Bertz CT molecular complexity index is 734. The summed E-state index contributed by atoms with van der Waals surface area (Å²) in [5.41, 5.74) is 7.43. The third-order valence-corrected chi connectivity index (χ3v) is 3.65. The van der Waals surface area contributed by atoms with Crippen LogP contribution in [0.15, 0.2) is 30.5 Å². The second kappa shape index (κ2) is 8.77. The number of anilines is 2. The molecule has 134 valence electrons. The third-order valence-electron chi connectivity index (χ3n) is 3.65. The van der Waals surface area contributed by atoms with Crippen LogP contribution in [0.5, 0.6) is 11.5 Å². The zero-order chi connectivity index (χ0) is 18.2. The standard InChI is InChI=1S/C18H23N3O4/c1-3-4-7-20-14-9-17(19)21-10-16(14)25-11-13-6-5-12(18(22)23)8-15(13)24-2/h5-6,8-10H,3-4,7,11H2,1-2H3,(H,22,23)(H3,19,20,21). The number of unbranched alkanes of at least 4 members (excludes halogenated alkanes) is 1. The van der Waals surface area contributed by atoms with Crippen molar-refractivity contribution in [1.82, 2.24) is 4.98 Å². The van der Waals surface area contributed by atoms with Crippen molar-refractivity contribution in [1.29, 1.82) is 0 Å². The van der Waals surface area contributed by atoms with Gasteiger partial charge in [-0.2, -0.15) is 0 Å². The number of hydrogen-bond acceptors (Lipinski definition) is 6. The molecule has 0 fully saturated rings. The van der Waals surface area contributed by atoms with Crippen molar-refractivity contribution in [3.63, 3.8) is 0 Å². The summed E-state index contributed by atoms with van der Waals surface area (Å²) in [6, 6.07) is 6.40. The topological polar surface area (TPSA) is 107 Å². The molecular formula is C18H23N3O4. The number of nitrogen functional groups attached to an aromatic ring is 1. The van der Waals surface area contributed by atoms with Crippen LogP contribution in [0.4, 0.5) is 11.5 Å². The van der Waals surface area contributed by atoms with Crippen molar-refractivity contribution >= 4 is 17.5 Å². The molecule has 0 saturated heterocycles. The van der Waals surface area contributed by atoms with Crippen molar-refractivity contribution in [3.05, 3.63) is 41.6 Å². The molecule has 25 heavy (non-hydrogen) atoms. The number of pyridine rings is 1. The Hall–Kier alpha value is -2.96. The molecule has 0 radical (unpaired) electrons. The van der Waals surface area contributed by atoms with Crippen LogP contribution in [0.1, 0.15) is 35.7 Å². The van der Waals surface area contributed by atoms with E-state index in [2.05, 4.69) is 17.2 Å². The number of methoxy groups -OCH3 is 1. The minimum atomic E-state index is -1.00. The quantitative estimate of drug-likeness (QED) is 0.599. The van der Waals surface area contributed by atoms with E-state index in [-0.39, 0.29) is 12.2 Å². The number of rotatable bonds is 9. The lowest BCUT2D eigenvalue weighted by molar-refractivity contribution is 0.0696. The summed E-state index contributed by atoms with van der Waals surface area (Å²) in [7, 11) is 1.49. The smallest absolute Gasteiger partial charge is 0.335 e. The SMILES string of the molecule is CCCCNc1cc(N)ncc1OCc1ccc(C(=O)O)cc1OC. The van der Waals surface area contributed by atoms with Crippen LogP contribution in [0, 0.1) is 0 Å². The van der Waals surface area contributed by atoms with Crippen LogP contribution in [0.2, 0.25) is 0 Å². The van der Waals surface area contributed by atoms with Gasteiger partial charge in [-0.25, -0.2) is 9.78 Å². The van der Waals surface area contributed by atoms with E-state index in [0.717, 1.165) is 30.6 Å². The molecule has 4 N–H and O–H groups in total. The minimum Gasteiger partial charge on any atom is -0.496 e. The van der Waals surface area contributed by atoms with E-state index in [9.17, 15) is 4.79 Å². The van der Waals surface area contributed by atoms with Gasteiger partial charge in [0, 0.05) is 18.2 Å². The number of hydrogen-bond donors (Lipinski definition) is 3. The van der Waals surface area contributed by atoms with Gasteiger partial charge in [0.1, 0.15) is 18.2 Å². The predicted octanol–water partition coefficient (Wildman–Crippen LogP) is 3.16. The number of aromatic carboxylic acids is 1. The number of ether oxygens (including phenoxy) is 2. The van der Waals surface area contributed by atoms with E-state index in [0.29, 0.717) is 17.3 Å². The Morgan fingerprint density at radius 1 is 1.32 bits per heavy atom. The van der Waals surface area contributed by atoms with Gasteiger partial charge in [0.05, 0.1) is 24.6 Å². The lowest BCUT2D eigenvalue weighted by Crippen LogP contribution is -2.07. The van der Waals surface area contributed by atoms with Crippen molar-refractivity contribution in [2.24, 2.45) is 0 Å². The van der Waals surface area contributed by atoms with E-state index in [1.807, 2.05) is 0 Å². The van der Waals surface area contributed by atoms with Crippen LogP contribution in [-0.2, 0) is 6.61 Å². The normalized spacial score (nSPS) is 10.3. The predicted molar refractivity (Wildman–Crippen MR) is 96.3 cm³/mol. The van der Waals surface area contributed by atoms with Crippen LogP contribution < -0.4 is 20.5 Å². The van der Waals surface area contributed by atoms with Crippen molar-refractivity contribution < 1.29 is 19.4 Å². The molecule has 1 aromatic carbocycles. The molecule has 7 nitrogen and oxygen atoms in total. The molecule has 2 rings (SSSR count). The van der Waals surface area contributed by atoms with E-state index < -0.39 is 5.97 Å². The highest BCUT2D eigenvalue weighted by Crippen LogP contribution is 2.28. The number of benzene rings is 1. The molecule has 0 bridgehead atoms. The molecule has 0 amide bonds. The van der Waals surface area contributed by atoms with Gasteiger partial charge >= 0.3 is 5.97 Å². The van der Waals surface area contributed by atoms with E-state index >= 15 is 0 Å². The van der Waals surface area contributed by atoms with E-state index in [1.165, 1.54) is 19.2 Å². The molecule has 0 unspecified atom stereocenters. The molecule has 0 spiro atoms. The Labute approximate surface area is 146 Å². The number of nitrogens with zero attached hydrogens (tertiary/aromatic N) is 1. The highest BCUT2D eigenvalue weighted by Gasteiger charge is 2.11. The summed E-state index contributed by atoms with van der Waals surface area (Å²) in [5.74, 6) is 0.448. The molecule has 0 aliphatic carbocycles. The van der Waals surface area contributed by atoms with Crippen molar-refractivity contribution in [2.45, 2.75) is 26.4 Å². The first-order valence-corrected chi connectivity index (χ1v) is 8.07. The number of carboxylic acid groups (broad SMARTS) is 1. The average Bonchev–Trinajstić information content (AvgIpc) is 2.61. The Morgan fingerprint density at radius 3 is 2.80 bits per heavy atom. The van der Waals surface area contributed by atoms with Crippen LogP contribution in [0.25, 0.3) is 0 Å². The first-order chi connectivity index (χ1) is 12.0. The van der Waals surface area contributed by atoms with Gasteiger partial charge in [0.25, 0.3) is 0 Å². The van der Waals surface area contributed by atoms with E-state index in [1.54, 1.807) is 18.3 Å². The fourth-order valence-corrected chi connectivity index (χ4v) is 2.26. The second-order valence-electron chi connectivity index (χ2n) is 5.51. The van der Waals surface area contributed by atoms with Gasteiger partial charge in [-0.05, 0) is 18.6 Å². The van der Waals surface area contributed by atoms with Gasteiger partial charge < -0.3 is 25.6 Å². The maximum Gasteiger partial charge on any atom is 0.335 e. The van der Waals surface area contributed by atoms with Gasteiger partial charge in [0.15, 0.2) is 5.75 Å². The first-order valence-electron chi connectivity index (χ1n) is 8.07.